The maximum absolute atomic E-state index is 11.6. The predicted molar refractivity (Wildman–Crippen MR) is 50.1 cm³/mol. The van der Waals surface area contributed by atoms with E-state index in [2.05, 4.69) is 0 Å². The molecule has 0 radical (unpaired) electrons. The Morgan fingerprint density at radius 1 is 1.69 bits per heavy atom. The van der Waals surface area contributed by atoms with Gasteiger partial charge in [-0.1, -0.05) is 0 Å². The van der Waals surface area contributed by atoms with Crippen LogP contribution in [0.25, 0.3) is 0 Å². The Morgan fingerprint density at radius 2 is 2.38 bits per heavy atom. The molecule has 4 heteroatoms. The van der Waals surface area contributed by atoms with Crippen molar-refractivity contribution >= 4 is 5.91 Å². The summed E-state index contributed by atoms with van der Waals surface area (Å²) in [5, 5.41) is 9.17. The number of carbonyl (C=O) groups excluding carboxylic acids is 1. The van der Waals surface area contributed by atoms with Crippen LogP contribution in [0.2, 0.25) is 0 Å². The van der Waals surface area contributed by atoms with Crippen molar-refractivity contribution < 1.29 is 9.90 Å². The summed E-state index contributed by atoms with van der Waals surface area (Å²) in [6.45, 7) is 2.83. The maximum atomic E-state index is 11.6. The highest BCUT2D eigenvalue weighted by Crippen LogP contribution is 2.10. The first kappa shape index (κ1) is 10.5. The molecule has 0 bridgehead atoms. The second-order valence-electron chi connectivity index (χ2n) is 3.74. The Bertz CT molecular complexity index is 182. The third-order valence-electron chi connectivity index (χ3n) is 2.31. The molecule has 2 atom stereocenters. The molecule has 1 rings (SSSR count). The summed E-state index contributed by atoms with van der Waals surface area (Å²) in [5.74, 6) is -0.0154. The number of aliphatic hydroxyl groups is 1. The number of nitrogens with two attached hydrogens (primary N) is 1. The van der Waals surface area contributed by atoms with E-state index < -0.39 is 6.10 Å². The van der Waals surface area contributed by atoms with Gasteiger partial charge in [0.15, 0.2) is 0 Å². The van der Waals surface area contributed by atoms with Crippen molar-refractivity contribution in [2.45, 2.75) is 38.3 Å². The van der Waals surface area contributed by atoms with E-state index in [1.165, 1.54) is 0 Å². The van der Waals surface area contributed by atoms with Gasteiger partial charge in [-0.05, 0) is 26.2 Å². The van der Waals surface area contributed by atoms with Gasteiger partial charge in [-0.2, -0.15) is 0 Å². The standard InChI is InChI=1S/C9H18N2O2/c1-7(12)6-11-5-3-2-4-8(10)9(11)13/h7-8,12H,2-6,10H2,1H3/t7?,8-/m0/s1. The second-order valence-corrected chi connectivity index (χ2v) is 3.74. The normalized spacial score (nSPS) is 27.2. The first-order valence-corrected chi connectivity index (χ1v) is 4.83. The van der Waals surface area contributed by atoms with E-state index in [0.717, 1.165) is 25.8 Å². The molecule has 1 heterocycles. The minimum Gasteiger partial charge on any atom is -0.392 e. The van der Waals surface area contributed by atoms with Crippen molar-refractivity contribution in [3.05, 3.63) is 0 Å². The summed E-state index contributed by atoms with van der Waals surface area (Å²) in [5.41, 5.74) is 5.67. The number of hydrogen-bond acceptors (Lipinski definition) is 3. The molecule has 1 fully saturated rings. The van der Waals surface area contributed by atoms with Crippen LogP contribution < -0.4 is 5.73 Å². The van der Waals surface area contributed by atoms with Crippen LogP contribution >= 0.6 is 0 Å². The highest BCUT2D eigenvalue weighted by molar-refractivity contribution is 5.81. The van der Waals surface area contributed by atoms with Crippen LogP contribution in [0.15, 0.2) is 0 Å². The molecule has 1 saturated heterocycles. The van der Waals surface area contributed by atoms with Crippen molar-refractivity contribution in [1.29, 1.82) is 0 Å². The number of β-amino-alcohol motifs (C(OH)–C–C–N with tert-alkyl or cyclic N) is 1. The van der Waals surface area contributed by atoms with Crippen LogP contribution in [0, 0.1) is 0 Å². The van der Waals surface area contributed by atoms with E-state index in [9.17, 15) is 4.79 Å². The fraction of sp³-hybridized carbons (Fsp3) is 0.889. The molecule has 13 heavy (non-hydrogen) atoms. The van der Waals surface area contributed by atoms with Crippen LogP contribution in [0.1, 0.15) is 26.2 Å². The molecule has 0 saturated carbocycles. The maximum Gasteiger partial charge on any atom is 0.239 e. The fourth-order valence-electron chi connectivity index (χ4n) is 1.64. The Hall–Kier alpha value is -0.610. The Balaban J connectivity index is 2.54. The van der Waals surface area contributed by atoms with Gasteiger partial charge in [0.1, 0.15) is 0 Å². The molecule has 1 amide bonds. The Morgan fingerprint density at radius 3 is 3.00 bits per heavy atom. The fourth-order valence-corrected chi connectivity index (χ4v) is 1.64. The molecule has 0 aliphatic carbocycles. The number of rotatable bonds is 2. The van der Waals surface area contributed by atoms with Gasteiger partial charge in [-0.25, -0.2) is 0 Å². The van der Waals surface area contributed by atoms with Crippen LogP contribution in [0.3, 0.4) is 0 Å². The van der Waals surface area contributed by atoms with E-state index in [1.807, 2.05) is 0 Å². The third kappa shape index (κ3) is 2.97. The lowest BCUT2D eigenvalue weighted by Gasteiger charge is -2.23. The lowest BCUT2D eigenvalue weighted by Crippen LogP contribution is -2.44. The van der Waals surface area contributed by atoms with Gasteiger partial charge < -0.3 is 15.7 Å². The van der Waals surface area contributed by atoms with E-state index in [0.29, 0.717) is 6.54 Å². The Kier molecular flexibility index (Phi) is 3.69. The van der Waals surface area contributed by atoms with E-state index in [1.54, 1.807) is 11.8 Å². The average molecular weight is 186 g/mol. The van der Waals surface area contributed by atoms with Crippen molar-refractivity contribution in [1.82, 2.24) is 4.90 Å². The number of amides is 1. The summed E-state index contributed by atoms with van der Waals surface area (Å²) >= 11 is 0. The average Bonchev–Trinajstić information content (AvgIpc) is 2.19. The number of hydrogen-bond donors (Lipinski definition) is 2. The predicted octanol–water partition coefficient (Wildman–Crippen LogP) is -0.293. The summed E-state index contributed by atoms with van der Waals surface area (Å²) in [6, 6.07) is -0.360. The zero-order valence-electron chi connectivity index (χ0n) is 8.07. The first-order chi connectivity index (χ1) is 6.11. The first-order valence-electron chi connectivity index (χ1n) is 4.83. The SMILES string of the molecule is CC(O)CN1CCCC[C@H](N)C1=O. The van der Waals surface area contributed by atoms with E-state index in [-0.39, 0.29) is 11.9 Å². The second kappa shape index (κ2) is 4.58. The van der Waals surface area contributed by atoms with Gasteiger partial charge in [-0.3, -0.25) is 4.79 Å². The lowest BCUT2D eigenvalue weighted by molar-refractivity contribution is -0.133. The quantitative estimate of drug-likeness (QED) is 0.622. The highest BCUT2D eigenvalue weighted by atomic mass is 16.3. The number of nitrogens with zero attached hydrogens (tertiary/aromatic N) is 1. The van der Waals surface area contributed by atoms with Gasteiger partial charge in [-0.15, -0.1) is 0 Å². The molecular weight excluding hydrogens is 168 g/mol. The minimum absolute atomic E-state index is 0.0154. The zero-order valence-corrected chi connectivity index (χ0v) is 8.07. The van der Waals surface area contributed by atoms with Gasteiger partial charge in [0.2, 0.25) is 5.91 Å². The molecule has 1 unspecified atom stereocenters. The van der Waals surface area contributed by atoms with Crippen LogP contribution in [0.4, 0.5) is 0 Å². The molecule has 76 valence electrons. The number of carbonyl (C=O) groups is 1. The molecule has 0 aromatic carbocycles. The summed E-state index contributed by atoms with van der Waals surface area (Å²) in [7, 11) is 0. The van der Waals surface area contributed by atoms with Gasteiger partial charge in [0, 0.05) is 13.1 Å². The number of likely N-dealkylation sites (tertiary alicyclic amines) is 1. The van der Waals surface area contributed by atoms with Gasteiger partial charge in [0.05, 0.1) is 12.1 Å². The zero-order chi connectivity index (χ0) is 9.84. The van der Waals surface area contributed by atoms with Crippen LogP contribution in [0.5, 0.6) is 0 Å². The molecule has 0 spiro atoms. The molecule has 3 N–H and O–H groups in total. The van der Waals surface area contributed by atoms with Gasteiger partial charge in [0.25, 0.3) is 0 Å². The monoisotopic (exact) mass is 186 g/mol. The van der Waals surface area contributed by atoms with Gasteiger partial charge >= 0.3 is 0 Å². The molecule has 0 aromatic rings. The van der Waals surface area contributed by atoms with Crippen molar-refractivity contribution in [3.63, 3.8) is 0 Å². The van der Waals surface area contributed by atoms with E-state index >= 15 is 0 Å². The molecule has 4 nitrogen and oxygen atoms in total. The molecule has 1 aliphatic rings. The molecule has 0 aromatic heterocycles. The minimum atomic E-state index is -0.464. The van der Waals surface area contributed by atoms with E-state index in [4.69, 9.17) is 10.8 Å². The highest BCUT2D eigenvalue weighted by Gasteiger charge is 2.24. The van der Waals surface area contributed by atoms with Crippen LogP contribution in [-0.4, -0.2) is 41.1 Å². The molecular formula is C9H18N2O2. The largest absolute Gasteiger partial charge is 0.392 e. The summed E-state index contributed by atoms with van der Waals surface area (Å²) in [6.07, 6.45) is 2.30. The van der Waals surface area contributed by atoms with Crippen molar-refractivity contribution in [3.8, 4) is 0 Å². The Labute approximate surface area is 78.7 Å². The topological polar surface area (TPSA) is 66.6 Å². The third-order valence-corrected chi connectivity index (χ3v) is 2.31. The van der Waals surface area contributed by atoms with Crippen LogP contribution in [-0.2, 0) is 4.79 Å². The smallest absolute Gasteiger partial charge is 0.239 e. The van der Waals surface area contributed by atoms with Crippen molar-refractivity contribution in [2.24, 2.45) is 5.73 Å². The summed E-state index contributed by atoms with van der Waals surface area (Å²) in [4.78, 5) is 13.2. The lowest BCUT2D eigenvalue weighted by atomic mass is 10.1. The molecule has 1 aliphatic heterocycles. The van der Waals surface area contributed by atoms with Crippen molar-refractivity contribution in [2.75, 3.05) is 13.1 Å². The summed E-state index contributed by atoms with van der Waals surface area (Å²) < 4.78 is 0. The number of aliphatic hydroxyl groups excluding tert-OH is 1.